The molecular formula is C11H23NO. The third kappa shape index (κ3) is 3.12. The van der Waals surface area contributed by atoms with Crippen LogP contribution in [0.25, 0.3) is 0 Å². The number of hydrogen-bond donors (Lipinski definition) is 1. The molecular weight excluding hydrogens is 162 g/mol. The van der Waals surface area contributed by atoms with Gasteiger partial charge in [-0.3, -0.25) is 0 Å². The zero-order valence-electron chi connectivity index (χ0n) is 9.59. The van der Waals surface area contributed by atoms with Gasteiger partial charge in [0.25, 0.3) is 0 Å². The normalized spacial score (nSPS) is 18.4. The Morgan fingerprint density at radius 1 is 1.54 bits per heavy atom. The third-order valence-corrected chi connectivity index (χ3v) is 3.00. The Kier molecular flexibility index (Phi) is 4.65. The maximum Gasteiger partial charge on any atom is 0.0757 e. The van der Waals surface area contributed by atoms with E-state index in [1.807, 2.05) is 21.0 Å². The molecule has 13 heavy (non-hydrogen) atoms. The summed E-state index contributed by atoms with van der Waals surface area (Å²) in [6.07, 6.45) is 1.29. The van der Waals surface area contributed by atoms with Gasteiger partial charge in [0.1, 0.15) is 0 Å². The van der Waals surface area contributed by atoms with Crippen LogP contribution in [-0.4, -0.2) is 35.7 Å². The number of hydrogen-bond acceptors (Lipinski definition) is 2. The molecule has 0 radical (unpaired) electrons. The maximum absolute atomic E-state index is 10.0. The van der Waals surface area contributed by atoms with E-state index in [0.29, 0.717) is 6.42 Å². The molecule has 0 saturated carbocycles. The summed E-state index contributed by atoms with van der Waals surface area (Å²) in [4.78, 5) is 2.08. The fraction of sp³-hybridized carbons (Fsp3) is 0.818. The first-order valence-electron chi connectivity index (χ1n) is 4.84. The highest BCUT2D eigenvalue weighted by Crippen LogP contribution is 2.24. The lowest BCUT2D eigenvalue weighted by Crippen LogP contribution is -2.50. The molecule has 0 aromatic rings. The van der Waals surface area contributed by atoms with Crippen LogP contribution < -0.4 is 0 Å². The third-order valence-electron chi connectivity index (χ3n) is 3.00. The first-order chi connectivity index (χ1) is 5.84. The molecule has 0 saturated heterocycles. The van der Waals surface area contributed by atoms with Gasteiger partial charge in [-0.05, 0) is 40.8 Å². The Labute approximate surface area is 82.3 Å². The highest BCUT2D eigenvalue weighted by atomic mass is 16.3. The Bertz CT molecular complexity index is 177. The molecule has 0 rings (SSSR count). The van der Waals surface area contributed by atoms with E-state index in [2.05, 4.69) is 25.3 Å². The molecule has 2 unspecified atom stereocenters. The van der Waals surface area contributed by atoms with Crippen LogP contribution in [0.5, 0.6) is 0 Å². The number of likely N-dealkylation sites (N-methyl/N-ethyl adjacent to an activating group) is 1. The quantitative estimate of drug-likeness (QED) is 0.663. The number of aliphatic hydroxyl groups excluding tert-OH is 1. The summed E-state index contributed by atoms with van der Waals surface area (Å²) in [5.41, 5.74) is 0.896. The topological polar surface area (TPSA) is 23.5 Å². The van der Waals surface area contributed by atoms with Crippen LogP contribution in [0.4, 0.5) is 0 Å². The predicted octanol–water partition coefficient (Wildman–Crippen LogP) is 2.04. The lowest BCUT2D eigenvalue weighted by Gasteiger charge is -2.40. The lowest BCUT2D eigenvalue weighted by atomic mass is 9.87. The van der Waals surface area contributed by atoms with Crippen LogP contribution in [0.15, 0.2) is 12.2 Å². The second kappa shape index (κ2) is 4.77. The van der Waals surface area contributed by atoms with E-state index in [0.717, 1.165) is 12.0 Å². The second-order valence-electron chi connectivity index (χ2n) is 4.28. The monoisotopic (exact) mass is 185 g/mol. The van der Waals surface area contributed by atoms with Crippen LogP contribution in [-0.2, 0) is 0 Å². The minimum absolute atomic E-state index is 0.140. The van der Waals surface area contributed by atoms with Gasteiger partial charge >= 0.3 is 0 Å². The van der Waals surface area contributed by atoms with Gasteiger partial charge in [-0.15, -0.1) is 6.58 Å². The van der Waals surface area contributed by atoms with Crippen molar-refractivity contribution in [1.82, 2.24) is 4.90 Å². The molecule has 0 aliphatic heterocycles. The van der Waals surface area contributed by atoms with Crippen molar-refractivity contribution in [3.63, 3.8) is 0 Å². The SMILES string of the molecule is C=C(C)CC(O)C(C)(CC)N(C)C. The standard InChI is InChI=1S/C11H23NO/c1-7-11(4,12(5)6)10(13)8-9(2)3/h10,13H,2,7-8H2,1,3-6H3. The number of rotatable bonds is 5. The fourth-order valence-corrected chi connectivity index (χ4v) is 1.40. The summed E-state index contributed by atoms with van der Waals surface area (Å²) >= 11 is 0. The van der Waals surface area contributed by atoms with E-state index < -0.39 is 0 Å². The van der Waals surface area contributed by atoms with Crippen molar-refractivity contribution in [2.75, 3.05) is 14.1 Å². The van der Waals surface area contributed by atoms with Crippen molar-refractivity contribution in [3.05, 3.63) is 12.2 Å². The van der Waals surface area contributed by atoms with E-state index in [-0.39, 0.29) is 11.6 Å². The van der Waals surface area contributed by atoms with Crippen molar-refractivity contribution in [3.8, 4) is 0 Å². The summed E-state index contributed by atoms with van der Waals surface area (Å²) in [5.74, 6) is 0. The molecule has 0 amide bonds. The van der Waals surface area contributed by atoms with Crippen molar-refractivity contribution < 1.29 is 5.11 Å². The molecule has 0 aromatic heterocycles. The van der Waals surface area contributed by atoms with Crippen LogP contribution in [0, 0.1) is 0 Å². The molecule has 78 valence electrons. The van der Waals surface area contributed by atoms with E-state index in [1.54, 1.807) is 0 Å². The average molecular weight is 185 g/mol. The van der Waals surface area contributed by atoms with E-state index in [1.165, 1.54) is 0 Å². The molecule has 0 fully saturated rings. The van der Waals surface area contributed by atoms with E-state index >= 15 is 0 Å². The van der Waals surface area contributed by atoms with Gasteiger partial charge in [0, 0.05) is 5.54 Å². The lowest BCUT2D eigenvalue weighted by molar-refractivity contribution is 0.00313. The number of nitrogens with zero attached hydrogens (tertiary/aromatic N) is 1. The average Bonchev–Trinajstić information content (AvgIpc) is 2.01. The van der Waals surface area contributed by atoms with Gasteiger partial charge in [-0.2, -0.15) is 0 Å². The van der Waals surface area contributed by atoms with Crippen molar-refractivity contribution >= 4 is 0 Å². The van der Waals surface area contributed by atoms with Crippen LogP contribution >= 0.6 is 0 Å². The minimum Gasteiger partial charge on any atom is -0.391 e. The Hall–Kier alpha value is -0.340. The molecule has 0 aromatic carbocycles. The van der Waals surface area contributed by atoms with Crippen LogP contribution in [0.3, 0.4) is 0 Å². The van der Waals surface area contributed by atoms with E-state index in [4.69, 9.17) is 0 Å². The number of aliphatic hydroxyl groups is 1. The van der Waals surface area contributed by atoms with Crippen LogP contribution in [0.2, 0.25) is 0 Å². The molecule has 2 heteroatoms. The minimum atomic E-state index is -0.329. The molecule has 0 spiro atoms. The highest BCUT2D eigenvalue weighted by molar-refractivity contribution is 4.99. The van der Waals surface area contributed by atoms with Gasteiger partial charge in [-0.1, -0.05) is 12.5 Å². The van der Waals surface area contributed by atoms with Crippen LogP contribution in [0.1, 0.15) is 33.6 Å². The van der Waals surface area contributed by atoms with E-state index in [9.17, 15) is 5.11 Å². The molecule has 2 nitrogen and oxygen atoms in total. The first kappa shape index (κ1) is 12.7. The van der Waals surface area contributed by atoms with Crippen molar-refractivity contribution in [2.45, 2.75) is 45.3 Å². The van der Waals surface area contributed by atoms with Gasteiger partial charge in [0.05, 0.1) is 6.10 Å². The van der Waals surface area contributed by atoms with Gasteiger partial charge < -0.3 is 10.0 Å². The Morgan fingerprint density at radius 3 is 2.23 bits per heavy atom. The fourth-order valence-electron chi connectivity index (χ4n) is 1.40. The summed E-state index contributed by atoms with van der Waals surface area (Å²) in [5, 5.41) is 10.0. The summed E-state index contributed by atoms with van der Waals surface area (Å²) in [7, 11) is 4.01. The molecule has 0 bridgehead atoms. The van der Waals surface area contributed by atoms with Gasteiger partial charge in [0.15, 0.2) is 0 Å². The summed E-state index contributed by atoms with van der Waals surface area (Å²) in [6.45, 7) is 9.96. The Balaban J connectivity index is 4.46. The summed E-state index contributed by atoms with van der Waals surface area (Å²) in [6, 6.07) is 0. The van der Waals surface area contributed by atoms with Gasteiger partial charge in [-0.25, -0.2) is 0 Å². The largest absolute Gasteiger partial charge is 0.391 e. The first-order valence-corrected chi connectivity index (χ1v) is 4.84. The predicted molar refractivity (Wildman–Crippen MR) is 57.8 cm³/mol. The van der Waals surface area contributed by atoms with Crippen molar-refractivity contribution in [1.29, 1.82) is 0 Å². The maximum atomic E-state index is 10.0. The zero-order valence-corrected chi connectivity index (χ0v) is 9.59. The molecule has 0 aliphatic carbocycles. The Morgan fingerprint density at radius 2 is 2.00 bits per heavy atom. The summed E-state index contributed by atoms with van der Waals surface area (Å²) < 4.78 is 0. The highest BCUT2D eigenvalue weighted by Gasteiger charge is 2.32. The molecule has 1 N–H and O–H groups in total. The molecule has 0 aliphatic rings. The molecule has 0 heterocycles. The van der Waals surface area contributed by atoms with Gasteiger partial charge in [0.2, 0.25) is 0 Å². The van der Waals surface area contributed by atoms with Crippen molar-refractivity contribution in [2.24, 2.45) is 0 Å². The zero-order chi connectivity index (χ0) is 10.6. The molecule has 2 atom stereocenters. The second-order valence-corrected chi connectivity index (χ2v) is 4.28. The smallest absolute Gasteiger partial charge is 0.0757 e.